The predicted molar refractivity (Wildman–Crippen MR) is 59.9 cm³/mol. The zero-order chi connectivity index (χ0) is 10.7. The number of rotatable bonds is 2. The van der Waals surface area contributed by atoms with E-state index in [0.29, 0.717) is 5.57 Å². The van der Waals surface area contributed by atoms with Gasteiger partial charge in [-0.15, -0.1) is 0 Å². The first-order valence-corrected chi connectivity index (χ1v) is 4.89. The molecule has 0 N–H and O–H groups in total. The van der Waals surface area contributed by atoms with Gasteiger partial charge in [-0.1, -0.05) is 28.6 Å². The molecule has 74 valence electrons. The minimum atomic E-state index is -0.397. The number of carbonyl (C=O) groups is 1. The van der Waals surface area contributed by atoms with Gasteiger partial charge in [-0.05, 0) is 30.2 Å². The summed E-state index contributed by atoms with van der Waals surface area (Å²) in [4.78, 5) is 11.2. The molecule has 0 aliphatic carbocycles. The van der Waals surface area contributed by atoms with Crippen molar-refractivity contribution in [2.45, 2.75) is 6.92 Å². The van der Waals surface area contributed by atoms with Crippen molar-refractivity contribution in [3.8, 4) is 0 Å². The van der Waals surface area contributed by atoms with Crippen molar-refractivity contribution in [1.29, 1.82) is 0 Å². The van der Waals surface area contributed by atoms with Gasteiger partial charge in [0.25, 0.3) is 0 Å². The van der Waals surface area contributed by atoms with E-state index in [4.69, 9.17) is 0 Å². The lowest BCUT2D eigenvalue weighted by Crippen LogP contribution is -2.03. The molecule has 0 aromatic heterocycles. The van der Waals surface area contributed by atoms with Crippen LogP contribution >= 0.6 is 15.9 Å². The maximum atomic E-state index is 11.2. The summed E-state index contributed by atoms with van der Waals surface area (Å²) in [7, 11) is 1.35. The van der Waals surface area contributed by atoms with Gasteiger partial charge in [-0.2, -0.15) is 0 Å². The fourth-order valence-corrected chi connectivity index (χ4v) is 1.51. The van der Waals surface area contributed by atoms with Gasteiger partial charge < -0.3 is 4.74 Å². The molecule has 0 bridgehead atoms. The third-order valence-electron chi connectivity index (χ3n) is 1.96. The van der Waals surface area contributed by atoms with E-state index in [2.05, 4.69) is 27.2 Å². The van der Waals surface area contributed by atoms with Crippen molar-refractivity contribution < 1.29 is 9.53 Å². The highest BCUT2D eigenvalue weighted by Crippen LogP contribution is 2.22. The van der Waals surface area contributed by atoms with E-state index in [-0.39, 0.29) is 0 Å². The molecule has 0 heterocycles. The van der Waals surface area contributed by atoms with E-state index >= 15 is 0 Å². The maximum absolute atomic E-state index is 11.2. The van der Waals surface area contributed by atoms with Crippen LogP contribution in [-0.2, 0) is 9.53 Å². The molecule has 0 atom stereocenters. The molecule has 0 saturated carbocycles. The Bertz CT molecular complexity index is 383. The summed E-state index contributed by atoms with van der Waals surface area (Å²) >= 11 is 3.34. The number of hydrogen-bond donors (Lipinski definition) is 0. The number of aryl methyl sites for hydroxylation is 1. The largest absolute Gasteiger partial charge is 0.465 e. The minimum absolute atomic E-state index is 0.381. The number of benzene rings is 1. The van der Waals surface area contributed by atoms with E-state index < -0.39 is 5.97 Å². The second-order valence-corrected chi connectivity index (χ2v) is 3.85. The standard InChI is InChI=1S/C11H11BrO2/c1-7-4-5-9(12)6-10(7)8(2)11(13)14-3/h4-6H,2H2,1,3H3. The molecule has 0 fully saturated rings. The van der Waals surface area contributed by atoms with Gasteiger partial charge in [-0.25, -0.2) is 4.79 Å². The van der Waals surface area contributed by atoms with Crippen LogP contribution in [0.3, 0.4) is 0 Å². The van der Waals surface area contributed by atoms with E-state index in [0.717, 1.165) is 15.6 Å². The molecule has 0 aliphatic rings. The quantitative estimate of drug-likeness (QED) is 0.600. The zero-order valence-electron chi connectivity index (χ0n) is 8.13. The van der Waals surface area contributed by atoms with Crippen molar-refractivity contribution in [1.82, 2.24) is 0 Å². The number of carbonyl (C=O) groups excluding carboxylic acids is 1. The number of halogens is 1. The van der Waals surface area contributed by atoms with Gasteiger partial charge >= 0.3 is 5.97 Å². The first-order valence-electron chi connectivity index (χ1n) is 4.10. The number of methoxy groups -OCH3 is 1. The summed E-state index contributed by atoms with van der Waals surface area (Å²) < 4.78 is 5.53. The highest BCUT2D eigenvalue weighted by atomic mass is 79.9. The molecule has 1 aromatic rings. The third kappa shape index (κ3) is 2.23. The van der Waals surface area contributed by atoms with Crippen LogP contribution in [0.2, 0.25) is 0 Å². The van der Waals surface area contributed by atoms with E-state index in [1.165, 1.54) is 7.11 Å². The molecular formula is C11H11BrO2. The summed E-state index contributed by atoms with van der Waals surface area (Å²) in [6.45, 7) is 5.63. The number of hydrogen-bond acceptors (Lipinski definition) is 2. The zero-order valence-corrected chi connectivity index (χ0v) is 9.72. The van der Waals surface area contributed by atoms with Crippen molar-refractivity contribution in [2.75, 3.05) is 7.11 Å². The molecule has 3 heteroatoms. The van der Waals surface area contributed by atoms with E-state index in [9.17, 15) is 4.79 Å². The van der Waals surface area contributed by atoms with Crippen molar-refractivity contribution in [3.63, 3.8) is 0 Å². The predicted octanol–water partition coefficient (Wildman–Crippen LogP) is 2.94. The normalized spacial score (nSPS) is 9.64. The van der Waals surface area contributed by atoms with Crippen LogP contribution in [-0.4, -0.2) is 13.1 Å². The fourth-order valence-electron chi connectivity index (χ4n) is 1.15. The number of esters is 1. The van der Waals surface area contributed by atoms with Crippen LogP contribution in [0.4, 0.5) is 0 Å². The average Bonchev–Trinajstić information content (AvgIpc) is 2.19. The Balaban J connectivity index is 3.12. The van der Waals surface area contributed by atoms with Gasteiger partial charge in [0, 0.05) is 4.47 Å². The first kappa shape index (κ1) is 11.0. The van der Waals surface area contributed by atoms with Crippen LogP contribution in [0.1, 0.15) is 11.1 Å². The molecule has 2 nitrogen and oxygen atoms in total. The highest BCUT2D eigenvalue weighted by molar-refractivity contribution is 9.10. The lowest BCUT2D eigenvalue weighted by atomic mass is 10.0. The molecule has 0 saturated heterocycles. The van der Waals surface area contributed by atoms with Crippen LogP contribution in [0.15, 0.2) is 29.3 Å². The average molecular weight is 255 g/mol. The van der Waals surface area contributed by atoms with Crippen molar-refractivity contribution in [3.05, 3.63) is 40.4 Å². The van der Waals surface area contributed by atoms with Crippen molar-refractivity contribution >= 4 is 27.5 Å². The van der Waals surface area contributed by atoms with Crippen LogP contribution in [0.5, 0.6) is 0 Å². The second-order valence-electron chi connectivity index (χ2n) is 2.93. The van der Waals surface area contributed by atoms with E-state index in [1.54, 1.807) is 0 Å². The smallest absolute Gasteiger partial charge is 0.337 e. The summed E-state index contributed by atoms with van der Waals surface area (Å²) in [5, 5.41) is 0. The SMILES string of the molecule is C=C(C(=O)OC)c1cc(Br)ccc1C. The first-order chi connectivity index (χ1) is 6.56. The van der Waals surface area contributed by atoms with Gasteiger partial charge in [0.1, 0.15) is 0 Å². The summed E-state index contributed by atoms with van der Waals surface area (Å²) in [6, 6.07) is 5.70. The molecule has 0 spiro atoms. The summed E-state index contributed by atoms with van der Waals surface area (Å²) in [6.07, 6.45) is 0. The Morgan fingerprint density at radius 1 is 1.50 bits per heavy atom. The van der Waals surface area contributed by atoms with Gasteiger partial charge in [0.05, 0.1) is 12.7 Å². The molecule has 0 aliphatic heterocycles. The second kappa shape index (κ2) is 4.42. The fraction of sp³-hybridized carbons (Fsp3) is 0.182. The highest BCUT2D eigenvalue weighted by Gasteiger charge is 2.11. The van der Waals surface area contributed by atoms with Gasteiger partial charge in [0.15, 0.2) is 0 Å². The van der Waals surface area contributed by atoms with Crippen molar-refractivity contribution in [2.24, 2.45) is 0 Å². The molecular weight excluding hydrogens is 244 g/mol. The molecule has 1 aromatic carbocycles. The van der Waals surface area contributed by atoms with Crippen LogP contribution in [0.25, 0.3) is 5.57 Å². The Hall–Kier alpha value is -1.09. The Labute approximate surface area is 91.7 Å². The lowest BCUT2D eigenvalue weighted by molar-refractivity contribution is -0.133. The molecule has 0 radical (unpaired) electrons. The Morgan fingerprint density at radius 2 is 2.14 bits per heavy atom. The molecule has 0 amide bonds. The van der Waals surface area contributed by atoms with Crippen LogP contribution in [0, 0.1) is 6.92 Å². The molecule has 14 heavy (non-hydrogen) atoms. The molecule has 1 rings (SSSR count). The van der Waals surface area contributed by atoms with Crippen LogP contribution < -0.4 is 0 Å². The monoisotopic (exact) mass is 254 g/mol. The van der Waals surface area contributed by atoms with Gasteiger partial charge in [0.2, 0.25) is 0 Å². The summed E-state index contributed by atoms with van der Waals surface area (Å²) in [5.41, 5.74) is 2.20. The third-order valence-corrected chi connectivity index (χ3v) is 2.45. The van der Waals surface area contributed by atoms with E-state index in [1.807, 2.05) is 25.1 Å². The number of ether oxygens (including phenoxy) is 1. The Kier molecular flexibility index (Phi) is 3.47. The summed E-state index contributed by atoms with van der Waals surface area (Å²) in [5.74, 6) is -0.397. The van der Waals surface area contributed by atoms with Gasteiger partial charge in [-0.3, -0.25) is 0 Å². The topological polar surface area (TPSA) is 26.3 Å². The maximum Gasteiger partial charge on any atom is 0.337 e. The lowest BCUT2D eigenvalue weighted by Gasteiger charge is -2.07. The Morgan fingerprint density at radius 3 is 2.71 bits per heavy atom. The molecule has 0 unspecified atom stereocenters. The minimum Gasteiger partial charge on any atom is -0.465 e.